The molecule has 4 rings (SSSR count). The molecule has 0 aromatic heterocycles. The van der Waals surface area contributed by atoms with Crippen LogP contribution in [0.1, 0.15) is 56.9 Å². The fourth-order valence-electron chi connectivity index (χ4n) is 5.14. The van der Waals surface area contributed by atoms with Crippen molar-refractivity contribution in [3.05, 3.63) is 107 Å². The normalized spacial score (nSPS) is 6.02. The van der Waals surface area contributed by atoms with Crippen LogP contribution in [-0.2, 0) is 389 Å². The van der Waals surface area contributed by atoms with Gasteiger partial charge in [0.15, 0.2) is 0 Å². The molecule has 58 heteroatoms. The zero-order valence-corrected chi connectivity index (χ0v) is 71.2. The summed E-state index contributed by atoms with van der Waals surface area (Å²) in [5.41, 5.74) is 11.0. The van der Waals surface area contributed by atoms with Crippen LogP contribution in [0.2, 0.25) is 0 Å². The zero-order valence-electron chi connectivity index (χ0n) is 46.2. The first-order valence-corrected chi connectivity index (χ1v) is 15.6. The van der Waals surface area contributed by atoms with Gasteiger partial charge in [-0.1, -0.05) is 54.6 Å². The van der Waals surface area contributed by atoms with E-state index < -0.39 is 7.82 Å². The van der Waals surface area contributed by atoms with Gasteiger partial charge in [0, 0.05) is 49.7 Å². The molecule has 0 radical (unpaired) electrons. The van der Waals surface area contributed by atoms with E-state index in [1.165, 1.54) is 44.8 Å². The van der Waals surface area contributed by atoms with Crippen molar-refractivity contribution in [1.29, 1.82) is 0 Å². The minimum absolute atomic E-state index is 0. The number of anilines is 2. The Balaban J connectivity index is -0.00000000706. The first kappa shape index (κ1) is 383. The summed E-state index contributed by atoms with van der Waals surface area (Å²) in [6, 6.07) is 26.8. The SMILES string of the molecule is CCN=C1C=CC(=C(c2ccc(N(CC)CC)cc2)c2ccc(N(CC)CC)cc2)c2ccccc21.O.O.O.O.O.O.O.O.O.O.O.O.O.O.O=P([O-])([O-])[O-].[Mo+4].[Mo+4].[Mo+4].[Mo+4].[Mo+4].[Mo+4].[Mo+4].[Mo+4].[Mo+4].[Mo+4].[Mo+4].[Mo+4].[O-2].[O-2].[O-2].[O-2].[O-2].[O-2].[O-2].[O-2].[O-2].[O-2].[O-2].[O-2].[O-2].[O-2].[O-2].[O-2].[O-2].[O-2].[O-2].[O-2].[O-2].[O-2].[O-2].[O-2]. The second-order valence-corrected chi connectivity index (χ2v) is 10.3. The molecule has 0 saturated carbocycles. The van der Waals surface area contributed by atoms with Crippen LogP contribution in [0, 0.1) is 0 Å². The molecule has 0 atom stereocenters. The molecular weight excluding hydrogens is 2290 g/mol. The van der Waals surface area contributed by atoms with Crippen LogP contribution in [0.5, 0.6) is 0 Å². The van der Waals surface area contributed by atoms with Crippen LogP contribution in [0.15, 0.2) is 89.9 Å². The van der Waals surface area contributed by atoms with Gasteiger partial charge in [-0.2, -0.15) is 7.82 Å². The van der Waals surface area contributed by atoms with E-state index in [2.05, 4.69) is 129 Å². The minimum atomic E-state index is -5.39. The number of nitrogens with zero attached hydrogens (tertiary/aromatic N) is 3. The number of aliphatic imine (C=N–C) groups is 1. The molecule has 0 fully saturated rings. The smallest absolute Gasteiger partial charge is 2.00 e. The molecule has 0 saturated heterocycles. The van der Waals surface area contributed by atoms with E-state index in [1.807, 2.05) is 0 Å². The molecule has 0 unspecified atom stereocenters. The first-order valence-electron chi connectivity index (χ1n) is 14.1. The van der Waals surface area contributed by atoms with Gasteiger partial charge in [-0.15, -0.1) is 0 Å². The fourth-order valence-corrected chi connectivity index (χ4v) is 5.14. The van der Waals surface area contributed by atoms with Crippen molar-refractivity contribution in [1.82, 2.24) is 0 Å². The molecule has 546 valence electrons. The third kappa shape index (κ3) is 127. The van der Waals surface area contributed by atoms with Crippen LogP contribution in [-0.4, -0.2) is 115 Å². The molecule has 0 heterocycles. The molecule has 0 aliphatic heterocycles. The molecular formula is C33H67Mo12N3O42P-3. The summed E-state index contributed by atoms with van der Waals surface area (Å²) in [6.45, 7) is 15.7. The monoisotopic (exact) mass is 2380 g/mol. The molecule has 0 bridgehead atoms. The second-order valence-electron chi connectivity index (χ2n) is 9.41. The molecule has 0 spiro atoms. The Hall–Kier alpha value is 3.26. The number of hydrogen-bond donors (Lipinski definition) is 0. The van der Waals surface area contributed by atoms with E-state index in [1.54, 1.807) is 0 Å². The van der Waals surface area contributed by atoms with Crippen molar-refractivity contribution in [2.75, 3.05) is 42.5 Å². The Morgan fingerprint density at radius 3 is 0.692 bits per heavy atom. The molecule has 0 amide bonds. The van der Waals surface area contributed by atoms with Gasteiger partial charge in [-0.25, -0.2) is 0 Å². The minimum Gasteiger partial charge on any atom is -2.00 e. The maximum Gasteiger partial charge on any atom is 4.00 e. The molecule has 91 heavy (non-hydrogen) atoms. The summed E-state index contributed by atoms with van der Waals surface area (Å²) in [5.74, 6) is 0. The van der Waals surface area contributed by atoms with E-state index in [-0.39, 0.29) is 461 Å². The van der Waals surface area contributed by atoms with Crippen molar-refractivity contribution < 1.29 is 480 Å². The van der Waals surface area contributed by atoms with Crippen molar-refractivity contribution >= 4 is 36.1 Å². The molecule has 28 N–H and O–H groups in total. The Morgan fingerprint density at radius 2 is 0.516 bits per heavy atom. The van der Waals surface area contributed by atoms with Gasteiger partial charge in [0.1, 0.15) is 0 Å². The second kappa shape index (κ2) is 205. The predicted molar refractivity (Wildman–Crippen MR) is 233 cm³/mol. The van der Waals surface area contributed by atoms with E-state index in [0.717, 1.165) is 38.4 Å². The molecule has 3 aromatic carbocycles. The Kier molecular flexibility index (Phi) is 862. The fraction of sp³-hybridized carbons (Fsp3) is 0.303. The average Bonchev–Trinajstić information content (AvgIpc) is 2.96. The summed E-state index contributed by atoms with van der Waals surface area (Å²) >= 11 is 0. The van der Waals surface area contributed by atoms with E-state index in [0.29, 0.717) is 0 Å². The number of allylic oxidation sites excluding steroid dienone is 3. The third-order valence-electron chi connectivity index (χ3n) is 7.07. The number of phosphoric acid groups is 1. The summed E-state index contributed by atoms with van der Waals surface area (Å²) in [6.07, 6.45) is 4.43. The average molecular weight is 2360 g/mol. The van der Waals surface area contributed by atoms with Crippen LogP contribution >= 0.6 is 7.82 Å². The van der Waals surface area contributed by atoms with E-state index >= 15 is 0 Å². The van der Waals surface area contributed by atoms with Gasteiger partial charge >= 0.3 is 253 Å². The van der Waals surface area contributed by atoms with Crippen LogP contribution < -0.4 is 24.5 Å². The summed E-state index contributed by atoms with van der Waals surface area (Å²) in [5, 5.41) is 0. The standard InChI is InChI=1S/C33H39N3.12Mo.H3O4P.14H2O.24O/c1-6-34-32-24-23-31(29-13-11-12-14-30(29)32)33(25-15-19-27(20-16-25)35(7-2)8-3)26-17-21-28(22-18-26)36(9-4)10-5;;;;;;;;;;;;;1-5(2,3)4;;;;;;;;;;;;;;;;;;;;;;;;;;;;;;;;;;;;;;/h11-24H,6-10H2,1-5H3;;;;;;;;;;;;;(H3,1,2,3,4);14*1H2;;;;;;;;;;;;;;;;;;;;;;;;/q;12*+4;;;;;;;;;;;;;;;;24*-2/p-3. The van der Waals surface area contributed by atoms with Crippen LogP contribution in [0.25, 0.3) is 11.1 Å². The van der Waals surface area contributed by atoms with Crippen molar-refractivity contribution in [3.8, 4) is 0 Å². The summed E-state index contributed by atoms with van der Waals surface area (Å²) in [7, 11) is -5.39. The number of fused-ring (bicyclic) bond motifs is 1. The number of hydrogen-bond acceptors (Lipinski definition) is 7. The molecule has 1 aliphatic carbocycles. The summed E-state index contributed by atoms with van der Waals surface area (Å²) < 4.78 is 8.55. The Bertz CT molecular complexity index is 1460. The molecule has 3 aromatic rings. The van der Waals surface area contributed by atoms with Crippen molar-refractivity contribution in [2.45, 2.75) is 34.6 Å². The molecule has 1 aliphatic rings. The van der Waals surface area contributed by atoms with Gasteiger partial charge in [0.25, 0.3) is 0 Å². The first-order chi connectivity index (χ1) is 19.6. The Labute approximate surface area is 697 Å². The number of benzene rings is 3. The van der Waals surface area contributed by atoms with Gasteiger partial charge in [-0.3, -0.25) is 4.99 Å². The molecule has 45 nitrogen and oxygen atoms in total. The Morgan fingerprint density at radius 1 is 0.330 bits per heavy atom. The number of rotatable bonds is 9. The quantitative estimate of drug-likeness (QED) is 0.148. The van der Waals surface area contributed by atoms with Crippen LogP contribution in [0.3, 0.4) is 0 Å². The van der Waals surface area contributed by atoms with Gasteiger partial charge in [-0.05, 0) is 92.8 Å². The maximum atomic E-state index is 8.55. The topological polar surface area (TPSA) is 1230 Å². The van der Waals surface area contributed by atoms with Crippen LogP contribution in [0.4, 0.5) is 11.4 Å². The van der Waals surface area contributed by atoms with Gasteiger partial charge < -0.3 is 237 Å². The van der Waals surface area contributed by atoms with Crippen molar-refractivity contribution in [3.63, 3.8) is 0 Å². The zero-order chi connectivity index (χ0) is 30.0. The van der Waals surface area contributed by atoms with Gasteiger partial charge in [0.2, 0.25) is 0 Å². The predicted octanol–water partition coefficient (Wildman–Crippen LogP) is -9.53. The maximum absolute atomic E-state index is 8.55. The third-order valence-corrected chi connectivity index (χ3v) is 7.07. The van der Waals surface area contributed by atoms with Gasteiger partial charge in [0.05, 0.1) is 5.71 Å². The largest absolute Gasteiger partial charge is 4.00 e. The van der Waals surface area contributed by atoms with E-state index in [9.17, 15) is 0 Å². The summed E-state index contributed by atoms with van der Waals surface area (Å²) in [4.78, 5) is 35.2. The van der Waals surface area contributed by atoms with Crippen molar-refractivity contribution in [2.24, 2.45) is 4.99 Å². The van der Waals surface area contributed by atoms with E-state index in [4.69, 9.17) is 24.2 Å².